The van der Waals surface area contributed by atoms with Gasteiger partial charge in [-0.1, -0.05) is 0 Å². The minimum Gasteiger partial charge on any atom is -0.457 e. The Hall–Kier alpha value is -3.23. The van der Waals surface area contributed by atoms with E-state index < -0.39 is 27.2 Å². The van der Waals surface area contributed by atoms with Crippen LogP contribution in [-0.2, 0) is 16.1 Å². The maximum atomic E-state index is 11.8. The van der Waals surface area contributed by atoms with Crippen LogP contribution in [0.4, 0.5) is 11.4 Å². The number of carbonyl (C=O) groups excluding carboxylic acids is 1. The smallest absolute Gasteiger partial charge is 0.336 e. The van der Waals surface area contributed by atoms with Crippen molar-refractivity contribution in [2.45, 2.75) is 6.61 Å². The number of allylic oxidation sites excluding steroid dienone is 2. The van der Waals surface area contributed by atoms with E-state index in [9.17, 15) is 25.0 Å². The summed E-state index contributed by atoms with van der Waals surface area (Å²) in [4.78, 5) is 31.8. The van der Waals surface area contributed by atoms with Gasteiger partial charge in [-0.05, 0) is 18.4 Å². The number of ether oxygens (including phenoxy) is 1. The molecule has 1 N–H and O–H groups in total. The first-order valence-corrected chi connectivity index (χ1v) is 6.16. The molecule has 9 heteroatoms. The van der Waals surface area contributed by atoms with Crippen LogP contribution in [0.1, 0.15) is 5.56 Å². The zero-order valence-corrected chi connectivity index (χ0v) is 11.2. The summed E-state index contributed by atoms with van der Waals surface area (Å²) in [7, 11) is 0. The van der Waals surface area contributed by atoms with Gasteiger partial charge in [-0.2, -0.15) is 0 Å². The lowest BCUT2D eigenvalue weighted by Crippen LogP contribution is -2.20. The third kappa shape index (κ3) is 3.66. The molecule has 0 atom stereocenters. The van der Waals surface area contributed by atoms with E-state index in [0.29, 0.717) is 12.1 Å². The van der Waals surface area contributed by atoms with Crippen molar-refractivity contribution in [1.29, 1.82) is 0 Å². The molecule has 22 heavy (non-hydrogen) atoms. The molecule has 0 aromatic heterocycles. The summed E-state index contributed by atoms with van der Waals surface area (Å²) >= 11 is 0. The molecule has 0 unspecified atom stereocenters. The Bertz CT molecular complexity index is 663. The van der Waals surface area contributed by atoms with Gasteiger partial charge in [-0.25, -0.2) is 4.79 Å². The number of nitrogens with one attached hydrogen (secondary N) is 1. The van der Waals surface area contributed by atoms with E-state index in [0.717, 1.165) is 18.2 Å². The zero-order valence-electron chi connectivity index (χ0n) is 11.2. The van der Waals surface area contributed by atoms with Crippen LogP contribution in [0.3, 0.4) is 0 Å². The monoisotopic (exact) mass is 305 g/mol. The molecule has 0 spiro atoms. The fourth-order valence-corrected chi connectivity index (χ4v) is 1.79. The number of hydrogen-bond donors (Lipinski definition) is 1. The second-order valence-electron chi connectivity index (χ2n) is 4.38. The minimum atomic E-state index is -0.739. The van der Waals surface area contributed by atoms with Gasteiger partial charge in [0, 0.05) is 24.2 Å². The number of hydrogen-bond acceptors (Lipinski definition) is 7. The largest absolute Gasteiger partial charge is 0.457 e. The van der Waals surface area contributed by atoms with Crippen molar-refractivity contribution < 1.29 is 19.4 Å². The predicted octanol–water partition coefficient (Wildman–Crippen LogP) is 1.59. The van der Waals surface area contributed by atoms with Crippen molar-refractivity contribution in [3.8, 4) is 0 Å². The van der Waals surface area contributed by atoms with Crippen LogP contribution in [0, 0.1) is 20.2 Å². The highest BCUT2D eigenvalue weighted by atomic mass is 16.6. The second-order valence-corrected chi connectivity index (χ2v) is 4.38. The van der Waals surface area contributed by atoms with Crippen LogP contribution in [0.15, 0.2) is 42.1 Å². The van der Waals surface area contributed by atoms with Crippen LogP contribution in [0.2, 0.25) is 0 Å². The Kier molecular flexibility index (Phi) is 4.47. The first kappa shape index (κ1) is 15.2. The summed E-state index contributed by atoms with van der Waals surface area (Å²) < 4.78 is 5.01. The average molecular weight is 305 g/mol. The molecule has 2 rings (SSSR count). The summed E-state index contributed by atoms with van der Waals surface area (Å²) in [6.45, 7) is 0.0207. The number of dihydropyridines is 1. The Labute approximate surface area is 124 Å². The molecule has 114 valence electrons. The highest BCUT2D eigenvalue weighted by Gasteiger charge is 2.18. The molecule has 0 bridgehead atoms. The zero-order chi connectivity index (χ0) is 16.1. The molecular weight excluding hydrogens is 294 g/mol. The van der Waals surface area contributed by atoms with Gasteiger partial charge in [-0.15, -0.1) is 0 Å². The SMILES string of the molecule is O=C(OCc1cc([N+](=O)[O-])cc([N+](=O)[O-])c1)C1=CC=CNC1. The highest BCUT2D eigenvalue weighted by molar-refractivity contribution is 5.89. The Morgan fingerprint density at radius 2 is 1.82 bits per heavy atom. The topological polar surface area (TPSA) is 125 Å². The predicted molar refractivity (Wildman–Crippen MR) is 74.8 cm³/mol. The molecule has 1 aliphatic rings. The van der Waals surface area contributed by atoms with E-state index >= 15 is 0 Å². The summed E-state index contributed by atoms with van der Waals surface area (Å²) in [6.07, 6.45) is 4.88. The molecule has 1 heterocycles. The number of carbonyl (C=O) groups is 1. The molecule has 0 radical (unpaired) electrons. The van der Waals surface area contributed by atoms with Gasteiger partial charge in [-0.3, -0.25) is 20.2 Å². The normalized spacial score (nSPS) is 13.0. The van der Waals surface area contributed by atoms with Gasteiger partial charge in [0.1, 0.15) is 6.61 Å². The van der Waals surface area contributed by atoms with E-state index in [4.69, 9.17) is 4.74 Å². The molecule has 1 aromatic rings. The number of nitro groups is 2. The number of rotatable bonds is 5. The molecule has 1 aromatic carbocycles. The Morgan fingerprint density at radius 1 is 1.18 bits per heavy atom. The van der Waals surface area contributed by atoms with Crippen LogP contribution >= 0.6 is 0 Å². The number of nitro benzene ring substituents is 2. The van der Waals surface area contributed by atoms with Crippen LogP contribution in [0.5, 0.6) is 0 Å². The summed E-state index contributed by atoms with van der Waals surface area (Å²) in [6, 6.07) is 3.12. The molecule has 0 saturated carbocycles. The van der Waals surface area contributed by atoms with Gasteiger partial charge < -0.3 is 10.1 Å². The van der Waals surface area contributed by atoms with Crippen LogP contribution in [-0.4, -0.2) is 22.4 Å². The fourth-order valence-electron chi connectivity index (χ4n) is 1.79. The first-order valence-electron chi connectivity index (χ1n) is 6.16. The third-order valence-corrected chi connectivity index (χ3v) is 2.82. The van der Waals surface area contributed by atoms with Gasteiger partial charge >= 0.3 is 5.97 Å². The summed E-state index contributed by atoms with van der Waals surface area (Å²) in [5, 5.41) is 24.4. The molecular formula is C13H11N3O6. The van der Waals surface area contributed by atoms with Crippen molar-refractivity contribution in [3.05, 3.63) is 67.9 Å². The number of non-ortho nitro benzene ring substituents is 2. The Balaban J connectivity index is 2.13. The standard InChI is InChI=1S/C13H11N3O6/c17-13(10-2-1-3-14-7-10)22-8-9-4-11(15(18)19)6-12(5-9)16(20)21/h1-6,14H,7-8H2. The van der Waals surface area contributed by atoms with E-state index in [1.165, 1.54) is 0 Å². The van der Waals surface area contributed by atoms with Gasteiger partial charge in [0.05, 0.1) is 21.5 Å². The van der Waals surface area contributed by atoms with Crippen molar-refractivity contribution in [2.75, 3.05) is 6.54 Å². The first-order chi connectivity index (χ1) is 10.5. The lowest BCUT2D eigenvalue weighted by Gasteiger charge is -2.10. The fraction of sp³-hybridized carbons (Fsp3) is 0.154. The molecule has 0 saturated heterocycles. The van der Waals surface area contributed by atoms with Crippen molar-refractivity contribution >= 4 is 17.3 Å². The van der Waals surface area contributed by atoms with Gasteiger partial charge in [0.25, 0.3) is 11.4 Å². The molecule has 0 amide bonds. The average Bonchev–Trinajstić information content (AvgIpc) is 2.53. The van der Waals surface area contributed by atoms with Crippen LogP contribution < -0.4 is 5.32 Å². The third-order valence-electron chi connectivity index (χ3n) is 2.82. The maximum Gasteiger partial charge on any atom is 0.336 e. The van der Waals surface area contributed by atoms with Crippen molar-refractivity contribution in [3.63, 3.8) is 0 Å². The summed E-state index contributed by atoms with van der Waals surface area (Å²) in [5.74, 6) is -0.592. The molecule has 0 fully saturated rings. The van der Waals surface area contributed by atoms with E-state index in [2.05, 4.69) is 5.32 Å². The molecule has 0 aliphatic carbocycles. The highest BCUT2D eigenvalue weighted by Crippen LogP contribution is 2.23. The van der Waals surface area contributed by atoms with Gasteiger partial charge in [0.2, 0.25) is 0 Å². The van der Waals surface area contributed by atoms with E-state index in [1.54, 1.807) is 18.4 Å². The quantitative estimate of drug-likeness (QED) is 0.497. The Morgan fingerprint density at radius 3 is 2.32 bits per heavy atom. The minimum absolute atomic E-state index is 0.175. The second kappa shape index (κ2) is 6.48. The van der Waals surface area contributed by atoms with E-state index in [-0.39, 0.29) is 12.2 Å². The maximum absolute atomic E-state index is 11.8. The van der Waals surface area contributed by atoms with Gasteiger partial charge in [0.15, 0.2) is 0 Å². The molecule has 1 aliphatic heterocycles. The van der Waals surface area contributed by atoms with E-state index in [1.807, 2.05) is 0 Å². The number of esters is 1. The molecule has 9 nitrogen and oxygen atoms in total. The number of benzene rings is 1. The van der Waals surface area contributed by atoms with Crippen molar-refractivity contribution in [1.82, 2.24) is 5.32 Å². The number of nitrogens with zero attached hydrogens (tertiary/aromatic N) is 2. The lowest BCUT2D eigenvalue weighted by molar-refractivity contribution is -0.394. The lowest BCUT2D eigenvalue weighted by atomic mass is 10.2. The van der Waals surface area contributed by atoms with Crippen LogP contribution in [0.25, 0.3) is 0 Å². The van der Waals surface area contributed by atoms with Crippen molar-refractivity contribution in [2.24, 2.45) is 0 Å². The summed E-state index contributed by atoms with van der Waals surface area (Å²) in [5.41, 5.74) is -0.292.